The molecular weight excluding hydrogens is 536 g/mol. The van der Waals surface area contributed by atoms with Gasteiger partial charge in [-0.3, -0.25) is 9.59 Å². The highest BCUT2D eigenvalue weighted by Crippen LogP contribution is 2.35. The average molecular weight is 565 g/mol. The van der Waals surface area contributed by atoms with E-state index in [0.717, 1.165) is 24.3 Å². The van der Waals surface area contributed by atoms with Crippen LogP contribution in [0.2, 0.25) is 0 Å². The van der Waals surface area contributed by atoms with E-state index in [1.807, 2.05) is 0 Å². The Labute approximate surface area is 234 Å². The van der Waals surface area contributed by atoms with Crippen molar-refractivity contribution >= 4 is 23.6 Å². The van der Waals surface area contributed by atoms with Gasteiger partial charge in [0.25, 0.3) is 5.91 Å². The van der Waals surface area contributed by atoms with E-state index in [1.54, 1.807) is 24.3 Å². The van der Waals surface area contributed by atoms with E-state index in [4.69, 9.17) is 9.47 Å². The van der Waals surface area contributed by atoms with Crippen LogP contribution in [0.15, 0.2) is 54.6 Å². The second-order valence-corrected chi connectivity index (χ2v) is 9.32. The maximum atomic E-state index is 13.1. The van der Waals surface area contributed by atoms with Gasteiger partial charge in [-0.25, -0.2) is 9.59 Å². The molecule has 0 unspecified atom stereocenters. The number of amides is 1. The molecule has 0 bridgehead atoms. The fourth-order valence-electron chi connectivity index (χ4n) is 4.55. The molecule has 4 rings (SSSR count). The molecule has 3 aromatic carbocycles. The number of methoxy groups -OCH3 is 1. The Balaban J connectivity index is 1.54. The topological polar surface area (TPSA) is 192 Å². The van der Waals surface area contributed by atoms with Crippen LogP contribution in [0.1, 0.15) is 59.8 Å². The number of hydrogen-bond donors (Lipinski definition) is 6. The summed E-state index contributed by atoms with van der Waals surface area (Å²) in [5.41, 5.74) is -1.78. The van der Waals surface area contributed by atoms with Gasteiger partial charge in [-0.05, 0) is 67.9 Å². The molecule has 1 heterocycles. The molecule has 12 nitrogen and oxygen atoms in total. The van der Waals surface area contributed by atoms with Crippen LogP contribution in [0.3, 0.4) is 0 Å². The van der Waals surface area contributed by atoms with Crippen molar-refractivity contribution in [1.29, 1.82) is 0 Å². The maximum absolute atomic E-state index is 13.1. The molecule has 1 fully saturated rings. The van der Waals surface area contributed by atoms with Gasteiger partial charge in [-0.1, -0.05) is 6.07 Å². The Morgan fingerprint density at radius 2 is 1.59 bits per heavy atom. The van der Waals surface area contributed by atoms with E-state index in [1.165, 1.54) is 13.2 Å². The lowest BCUT2D eigenvalue weighted by molar-refractivity contribution is 0.0191. The molecule has 3 aromatic rings. The number of carboxylic acids is 1. The highest BCUT2D eigenvalue weighted by atomic mass is 16.5. The van der Waals surface area contributed by atoms with Crippen LogP contribution < -0.4 is 15.4 Å². The lowest BCUT2D eigenvalue weighted by atomic mass is 9.95. The van der Waals surface area contributed by atoms with Crippen LogP contribution in [-0.2, 0) is 4.74 Å². The Kier molecular flexibility index (Phi) is 8.73. The minimum absolute atomic E-state index is 0.287. The van der Waals surface area contributed by atoms with Gasteiger partial charge in [0.1, 0.15) is 34.7 Å². The summed E-state index contributed by atoms with van der Waals surface area (Å²) in [4.78, 5) is 50.5. The summed E-state index contributed by atoms with van der Waals surface area (Å²) in [7, 11) is 1.51. The van der Waals surface area contributed by atoms with Gasteiger partial charge in [0.05, 0.1) is 29.8 Å². The lowest BCUT2D eigenvalue weighted by Gasteiger charge is -2.26. The molecule has 12 heteroatoms. The lowest BCUT2D eigenvalue weighted by Crippen LogP contribution is -2.49. The molecule has 1 aliphatic heterocycles. The van der Waals surface area contributed by atoms with Crippen molar-refractivity contribution in [3.8, 4) is 23.0 Å². The number of esters is 1. The van der Waals surface area contributed by atoms with Gasteiger partial charge in [0, 0.05) is 12.1 Å². The minimum atomic E-state index is -1.50. The number of aromatic hydroxyl groups is 3. The monoisotopic (exact) mass is 564 g/mol. The number of phenolic OH excluding ortho intramolecular Hbond substituents is 3. The molecule has 1 amide bonds. The maximum Gasteiger partial charge on any atom is 0.338 e. The van der Waals surface area contributed by atoms with Gasteiger partial charge in [-0.2, -0.15) is 0 Å². The van der Waals surface area contributed by atoms with Gasteiger partial charge in [0.2, 0.25) is 5.78 Å². The zero-order chi connectivity index (χ0) is 29.7. The number of hydrogen-bond acceptors (Lipinski definition) is 10. The van der Waals surface area contributed by atoms with E-state index >= 15 is 0 Å². The van der Waals surface area contributed by atoms with E-state index in [9.17, 15) is 39.6 Å². The standard InChI is InChI=1S/C29H28N2O10/c1-40-17-9-7-15(8-10-17)27(36)31-19-14-30-11-3-6-23(19)41-29(39)16-12-21(33)25(22(34)13-16)26(35)24-18(28(37)38)4-2-5-20(24)32/h2,4-5,7-10,12-13,19,23,30,32-34H,3,6,11,14H2,1H3,(H,31,36)(H,37,38)/t19-,23-/m0/s1. The van der Waals surface area contributed by atoms with Gasteiger partial charge < -0.3 is 40.5 Å². The number of ketones is 1. The number of ether oxygens (including phenoxy) is 2. The smallest absolute Gasteiger partial charge is 0.338 e. The summed E-state index contributed by atoms with van der Waals surface area (Å²) in [6.07, 6.45) is 0.291. The summed E-state index contributed by atoms with van der Waals surface area (Å²) >= 11 is 0. The fourth-order valence-corrected chi connectivity index (χ4v) is 4.55. The Morgan fingerprint density at radius 3 is 2.22 bits per heavy atom. The van der Waals surface area contributed by atoms with Gasteiger partial charge in [0.15, 0.2) is 0 Å². The second-order valence-electron chi connectivity index (χ2n) is 9.32. The second kappa shape index (κ2) is 12.4. The van der Waals surface area contributed by atoms with E-state index in [0.29, 0.717) is 37.2 Å². The molecule has 214 valence electrons. The highest BCUT2D eigenvalue weighted by Gasteiger charge is 2.31. The molecule has 0 radical (unpaired) electrons. The number of rotatable bonds is 8. The Hall–Kier alpha value is -5.10. The summed E-state index contributed by atoms with van der Waals surface area (Å²) in [5.74, 6) is -5.71. The number of nitrogens with one attached hydrogen (secondary N) is 2. The third-order valence-corrected chi connectivity index (χ3v) is 6.64. The van der Waals surface area contributed by atoms with Crippen LogP contribution in [0.4, 0.5) is 0 Å². The normalized spacial score (nSPS) is 16.7. The van der Waals surface area contributed by atoms with Crippen molar-refractivity contribution in [3.05, 3.63) is 82.4 Å². The fraction of sp³-hybridized carbons (Fsp3) is 0.241. The Morgan fingerprint density at radius 1 is 0.902 bits per heavy atom. The minimum Gasteiger partial charge on any atom is -0.507 e. The molecular formula is C29H28N2O10. The van der Waals surface area contributed by atoms with Crippen LogP contribution in [0, 0.1) is 0 Å². The zero-order valence-corrected chi connectivity index (χ0v) is 21.9. The molecule has 0 aliphatic carbocycles. The number of carbonyl (C=O) groups excluding carboxylic acids is 3. The molecule has 0 aromatic heterocycles. The zero-order valence-electron chi connectivity index (χ0n) is 21.9. The van der Waals surface area contributed by atoms with Crippen LogP contribution in [0.5, 0.6) is 23.0 Å². The van der Waals surface area contributed by atoms with Crippen molar-refractivity contribution in [2.75, 3.05) is 20.2 Å². The quantitative estimate of drug-likeness (QED) is 0.174. The van der Waals surface area contributed by atoms with Crippen molar-refractivity contribution < 1.29 is 49.1 Å². The number of carbonyl (C=O) groups is 4. The molecule has 6 N–H and O–H groups in total. The van der Waals surface area contributed by atoms with E-state index in [-0.39, 0.29) is 11.5 Å². The molecule has 1 aliphatic rings. The van der Waals surface area contributed by atoms with Crippen LogP contribution in [0.25, 0.3) is 0 Å². The third kappa shape index (κ3) is 6.39. The van der Waals surface area contributed by atoms with Crippen molar-refractivity contribution in [2.24, 2.45) is 0 Å². The predicted molar refractivity (Wildman–Crippen MR) is 144 cm³/mol. The highest BCUT2D eigenvalue weighted by molar-refractivity contribution is 6.18. The molecule has 41 heavy (non-hydrogen) atoms. The number of phenols is 3. The first-order chi connectivity index (χ1) is 19.6. The van der Waals surface area contributed by atoms with Crippen LogP contribution >= 0.6 is 0 Å². The number of carboxylic acid groups (broad SMARTS) is 1. The van der Waals surface area contributed by atoms with Crippen molar-refractivity contribution in [3.63, 3.8) is 0 Å². The van der Waals surface area contributed by atoms with Crippen LogP contribution in [-0.4, -0.2) is 76.4 Å². The van der Waals surface area contributed by atoms with Crippen molar-refractivity contribution in [1.82, 2.24) is 10.6 Å². The van der Waals surface area contributed by atoms with Gasteiger partial charge >= 0.3 is 11.9 Å². The summed E-state index contributed by atoms with van der Waals surface area (Å²) < 4.78 is 10.8. The molecule has 0 saturated carbocycles. The van der Waals surface area contributed by atoms with E-state index < -0.39 is 63.8 Å². The summed E-state index contributed by atoms with van der Waals surface area (Å²) in [5, 5.41) is 46.7. The average Bonchev–Trinajstić information content (AvgIpc) is 3.16. The summed E-state index contributed by atoms with van der Waals surface area (Å²) in [6.45, 7) is 0.947. The SMILES string of the molecule is COc1ccc(C(=O)N[C@H]2CNCCC[C@@H]2OC(=O)c2cc(O)c(C(=O)c3c(O)cccc3C(=O)O)c(O)c2)cc1. The number of aromatic carboxylic acids is 1. The first-order valence-electron chi connectivity index (χ1n) is 12.6. The summed E-state index contributed by atoms with van der Waals surface area (Å²) in [6, 6.07) is 11.1. The third-order valence-electron chi connectivity index (χ3n) is 6.64. The van der Waals surface area contributed by atoms with E-state index in [2.05, 4.69) is 10.6 Å². The molecule has 0 spiro atoms. The largest absolute Gasteiger partial charge is 0.507 e. The van der Waals surface area contributed by atoms with Gasteiger partial charge in [-0.15, -0.1) is 0 Å². The molecule has 2 atom stereocenters. The first kappa shape index (κ1) is 28.9. The number of benzene rings is 3. The Bertz CT molecular complexity index is 1460. The molecule has 1 saturated heterocycles. The first-order valence-corrected chi connectivity index (χ1v) is 12.6. The van der Waals surface area contributed by atoms with Crippen molar-refractivity contribution in [2.45, 2.75) is 25.0 Å². The predicted octanol–water partition coefficient (Wildman–Crippen LogP) is 2.45.